The summed E-state index contributed by atoms with van der Waals surface area (Å²) in [6.45, 7) is 2.56. The number of aliphatic imine (C=N–C) groups is 1. The van der Waals surface area contributed by atoms with E-state index in [1.165, 1.54) is 29.5 Å². The lowest BCUT2D eigenvalue weighted by Crippen LogP contribution is -2.37. The Labute approximate surface area is 174 Å². The number of hydrogen-bond acceptors (Lipinski definition) is 4. The smallest absolute Gasteiger partial charge is 0.191 e. The van der Waals surface area contributed by atoms with Crippen molar-refractivity contribution < 1.29 is 8.42 Å². The second-order valence-corrected chi connectivity index (χ2v) is 9.52. The van der Waals surface area contributed by atoms with Gasteiger partial charge in [-0.15, -0.1) is 0 Å². The minimum atomic E-state index is -3.15. The average molecular weight is 415 g/mol. The highest BCUT2D eigenvalue weighted by Gasteiger charge is 2.13. The lowest BCUT2D eigenvalue weighted by atomic mass is 9.99. The van der Waals surface area contributed by atoms with Crippen molar-refractivity contribution in [2.24, 2.45) is 4.99 Å². The average Bonchev–Trinajstić information content (AvgIpc) is 2.70. The molecular formula is C22H30N4O2S. The van der Waals surface area contributed by atoms with Gasteiger partial charge in [-0.3, -0.25) is 4.99 Å². The minimum absolute atomic E-state index is 0.350. The molecule has 0 aromatic heterocycles. The van der Waals surface area contributed by atoms with Crippen LogP contribution < -0.4 is 15.5 Å². The summed E-state index contributed by atoms with van der Waals surface area (Å²) in [4.78, 5) is 6.96. The van der Waals surface area contributed by atoms with E-state index in [9.17, 15) is 8.42 Å². The quantitative estimate of drug-likeness (QED) is 0.561. The van der Waals surface area contributed by atoms with Crippen LogP contribution in [0.2, 0.25) is 0 Å². The fourth-order valence-electron chi connectivity index (χ4n) is 3.58. The van der Waals surface area contributed by atoms with Gasteiger partial charge in [0, 0.05) is 45.7 Å². The number of nitrogens with one attached hydrogen (secondary N) is 2. The third-order valence-corrected chi connectivity index (χ3v) is 6.36. The van der Waals surface area contributed by atoms with E-state index in [4.69, 9.17) is 0 Å². The van der Waals surface area contributed by atoms with Crippen molar-refractivity contribution >= 4 is 21.5 Å². The molecule has 0 bridgehead atoms. The highest BCUT2D eigenvalue weighted by Crippen LogP contribution is 2.26. The third-order valence-electron chi connectivity index (χ3n) is 5.24. The van der Waals surface area contributed by atoms with Crippen LogP contribution in [-0.4, -0.2) is 47.8 Å². The highest BCUT2D eigenvalue weighted by atomic mass is 32.2. The van der Waals surface area contributed by atoms with Gasteiger partial charge in [-0.1, -0.05) is 24.3 Å². The van der Waals surface area contributed by atoms with Gasteiger partial charge in [0.15, 0.2) is 15.8 Å². The number of benzene rings is 2. The van der Waals surface area contributed by atoms with E-state index >= 15 is 0 Å². The maximum Gasteiger partial charge on any atom is 0.191 e. The van der Waals surface area contributed by atoms with Gasteiger partial charge in [0.25, 0.3) is 0 Å². The zero-order valence-corrected chi connectivity index (χ0v) is 18.2. The standard InChI is InChI=1S/C22H30N4O2S/c1-23-22(24-13-12-17-6-9-20(10-7-17)29(3,27)28)25-16-18-8-11-21-19(15-18)5-4-14-26(21)2/h6-11,15H,4-5,12-14,16H2,1-3H3,(H2,23,24,25). The summed E-state index contributed by atoms with van der Waals surface area (Å²) in [6.07, 6.45) is 4.35. The van der Waals surface area contributed by atoms with E-state index in [0.717, 1.165) is 37.5 Å². The molecule has 2 aromatic carbocycles. The fourth-order valence-corrected chi connectivity index (χ4v) is 4.21. The number of fused-ring (bicyclic) bond motifs is 1. The molecule has 6 nitrogen and oxygen atoms in total. The van der Waals surface area contributed by atoms with Gasteiger partial charge >= 0.3 is 0 Å². The van der Waals surface area contributed by atoms with Crippen LogP contribution in [0.25, 0.3) is 0 Å². The molecule has 0 unspecified atom stereocenters. The summed E-state index contributed by atoms with van der Waals surface area (Å²) in [5.74, 6) is 0.757. The molecule has 2 aromatic rings. The molecule has 0 saturated heterocycles. The molecule has 1 heterocycles. The van der Waals surface area contributed by atoms with Gasteiger partial charge in [-0.05, 0) is 54.2 Å². The Balaban J connectivity index is 1.49. The van der Waals surface area contributed by atoms with Gasteiger partial charge in [0.1, 0.15) is 0 Å². The van der Waals surface area contributed by atoms with Crippen molar-refractivity contribution in [1.82, 2.24) is 10.6 Å². The van der Waals surface area contributed by atoms with E-state index in [0.29, 0.717) is 11.4 Å². The molecule has 0 spiro atoms. The Kier molecular flexibility index (Phi) is 6.79. The molecule has 2 N–H and O–H groups in total. The Morgan fingerprint density at radius 1 is 1.10 bits per heavy atom. The molecule has 0 saturated carbocycles. The summed E-state index contributed by atoms with van der Waals surface area (Å²) in [7, 11) is 0.764. The van der Waals surface area contributed by atoms with Crippen LogP contribution in [0.4, 0.5) is 5.69 Å². The largest absolute Gasteiger partial charge is 0.374 e. The molecule has 29 heavy (non-hydrogen) atoms. The lowest BCUT2D eigenvalue weighted by molar-refractivity contribution is 0.602. The highest BCUT2D eigenvalue weighted by molar-refractivity contribution is 7.90. The number of sulfone groups is 1. The van der Waals surface area contributed by atoms with Crippen LogP contribution in [-0.2, 0) is 29.2 Å². The Bertz CT molecular complexity index is 969. The van der Waals surface area contributed by atoms with Crippen LogP contribution in [0, 0.1) is 0 Å². The lowest BCUT2D eigenvalue weighted by Gasteiger charge is -2.28. The number of anilines is 1. The summed E-state index contributed by atoms with van der Waals surface area (Å²) >= 11 is 0. The zero-order chi connectivity index (χ0) is 20.9. The second-order valence-electron chi connectivity index (χ2n) is 7.51. The van der Waals surface area contributed by atoms with Crippen LogP contribution in [0.5, 0.6) is 0 Å². The second kappa shape index (κ2) is 9.31. The van der Waals surface area contributed by atoms with Crippen LogP contribution >= 0.6 is 0 Å². The van der Waals surface area contributed by atoms with Crippen LogP contribution in [0.1, 0.15) is 23.1 Å². The van der Waals surface area contributed by atoms with Crippen molar-refractivity contribution in [2.45, 2.75) is 30.7 Å². The summed E-state index contributed by atoms with van der Waals surface area (Å²) in [5, 5.41) is 6.68. The molecule has 0 radical (unpaired) electrons. The van der Waals surface area contributed by atoms with Gasteiger partial charge in [-0.25, -0.2) is 8.42 Å². The van der Waals surface area contributed by atoms with Gasteiger partial charge in [0.2, 0.25) is 0 Å². The van der Waals surface area contributed by atoms with Gasteiger partial charge in [-0.2, -0.15) is 0 Å². The summed E-state index contributed by atoms with van der Waals surface area (Å²) in [5.41, 5.74) is 5.08. The Morgan fingerprint density at radius 2 is 1.83 bits per heavy atom. The first-order valence-corrected chi connectivity index (χ1v) is 11.8. The van der Waals surface area contributed by atoms with E-state index in [-0.39, 0.29) is 0 Å². The monoisotopic (exact) mass is 414 g/mol. The molecule has 1 aliphatic rings. The first kappa shape index (κ1) is 21.2. The van der Waals surface area contributed by atoms with Gasteiger partial charge in [0.05, 0.1) is 4.90 Å². The molecule has 3 rings (SSSR count). The summed E-state index contributed by atoms with van der Waals surface area (Å²) in [6, 6.07) is 13.7. The van der Waals surface area contributed by atoms with E-state index in [2.05, 4.69) is 45.8 Å². The SMILES string of the molecule is CN=C(NCCc1ccc(S(C)(=O)=O)cc1)NCc1ccc2c(c1)CCCN2C. The van der Waals surface area contributed by atoms with E-state index in [1.54, 1.807) is 19.2 Å². The minimum Gasteiger partial charge on any atom is -0.374 e. The number of nitrogens with zero attached hydrogens (tertiary/aromatic N) is 2. The maximum atomic E-state index is 11.5. The summed E-state index contributed by atoms with van der Waals surface area (Å²) < 4.78 is 23.1. The van der Waals surface area contributed by atoms with Crippen molar-refractivity contribution in [1.29, 1.82) is 0 Å². The first-order chi connectivity index (χ1) is 13.9. The van der Waals surface area contributed by atoms with Crippen molar-refractivity contribution in [2.75, 3.05) is 38.3 Å². The molecule has 0 atom stereocenters. The van der Waals surface area contributed by atoms with Crippen LogP contribution in [0.15, 0.2) is 52.4 Å². The Hall–Kier alpha value is -2.54. The number of guanidine groups is 1. The van der Waals surface area contributed by atoms with E-state index < -0.39 is 9.84 Å². The van der Waals surface area contributed by atoms with E-state index in [1.807, 2.05) is 12.1 Å². The predicted octanol–water partition coefficient (Wildman–Crippen LogP) is 2.38. The maximum absolute atomic E-state index is 11.5. The third kappa shape index (κ3) is 5.73. The van der Waals surface area contributed by atoms with Crippen molar-refractivity contribution in [3.8, 4) is 0 Å². The van der Waals surface area contributed by atoms with Crippen LogP contribution in [0.3, 0.4) is 0 Å². The topological polar surface area (TPSA) is 73.8 Å². The molecule has 0 fully saturated rings. The van der Waals surface area contributed by atoms with Gasteiger partial charge < -0.3 is 15.5 Å². The molecule has 0 aliphatic carbocycles. The number of rotatable bonds is 6. The molecule has 156 valence electrons. The first-order valence-electron chi connectivity index (χ1n) is 9.93. The zero-order valence-electron chi connectivity index (χ0n) is 17.4. The normalized spacial score (nSPS) is 14.4. The van der Waals surface area contributed by atoms with Crippen molar-refractivity contribution in [3.05, 3.63) is 59.2 Å². The fraction of sp³-hybridized carbons (Fsp3) is 0.409. The van der Waals surface area contributed by atoms with Crippen molar-refractivity contribution in [3.63, 3.8) is 0 Å². The Morgan fingerprint density at radius 3 is 2.52 bits per heavy atom. The number of hydrogen-bond donors (Lipinski definition) is 2. The molecule has 0 amide bonds. The molecular weight excluding hydrogens is 384 g/mol. The molecule has 7 heteroatoms. The molecule has 1 aliphatic heterocycles. The number of aryl methyl sites for hydroxylation is 1. The predicted molar refractivity (Wildman–Crippen MR) is 119 cm³/mol.